The number of ether oxygens (including phenoxy) is 2. The van der Waals surface area contributed by atoms with Crippen molar-refractivity contribution in [3.05, 3.63) is 0 Å². The van der Waals surface area contributed by atoms with Crippen molar-refractivity contribution >= 4 is 5.96 Å². The topological polar surface area (TPSA) is 58.1 Å². The Morgan fingerprint density at radius 2 is 1.95 bits per heavy atom. The predicted octanol–water partition coefficient (Wildman–Crippen LogP) is -0.0914. The summed E-state index contributed by atoms with van der Waals surface area (Å²) in [7, 11) is 3.95. The van der Waals surface area contributed by atoms with Crippen molar-refractivity contribution in [1.82, 2.24) is 15.5 Å². The number of hydrogen-bond donors (Lipinski definition) is 2. The minimum Gasteiger partial charge on any atom is -0.381 e. The summed E-state index contributed by atoms with van der Waals surface area (Å²) in [6, 6.07) is 0. The van der Waals surface area contributed by atoms with E-state index in [0.717, 1.165) is 64.8 Å². The molecule has 2 saturated heterocycles. The summed E-state index contributed by atoms with van der Waals surface area (Å²) in [6.07, 6.45) is 2.52. The second-order valence-electron chi connectivity index (χ2n) is 5.64. The molecular formula is C14H28N4O2. The SMILES string of the molecule is CN=C(NCC1CCOCC1)NCC1CN(C)CCO1. The smallest absolute Gasteiger partial charge is 0.191 e. The van der Waals surface area contributed by atoms with E-state index in [2.05, 4.69) is 27.6 Å². The number of morpholine rings is 1. The molecule has 0 radical (unpaired) electrons. The predicted molar refractivity (Wildman–Crippen MR) is 80.1 cm³/mol. The molecule has 2 aliphatic rings. The Morgan fingerprint density at radius 3 is 2.65 bits per heavy atom. The van der Waals surface area contributed by atoms with E-state index in [9.17, 15) is 0 Å². The first-order chi connectivity index (χ1) is 9.78. The lowest BCUT2D eigenvalue weighted by atomic mass is 10.0. The van der Waals surface area contributed by atoms with Gasteiger partial charge in [0.05, 0.1) is 12.7 Å². The van der Waals surface area contributed by atoms with Crippen LogP contribution in [0.1, 0.15) is 12.8 Å². The van der Waals surface area contributed by atoms with Gasteiger partial charge in [0.15, 0.2) is 5.96 Å². The summed E-state index contributed by atoms with van der Waals surface area (Å²) in [5, 5.41) is 6.76. The van der Waals surface area contributed by atoms with Gasteiger partial charge in [-0.25, -0.2) is 0 Å². The zero-order valence-electron chi connectivity index (χ0n) is 12.7. The lowest BCUT2D eigenvalue weighted by molar-refractivity contribution is -0.0161. The van der Waals surface area contributed by atoms with Crippen LogP contribution in [0, 0.1) is 5.92 Å². The van der Waals surface area contributed by atoms with Gasteiger partial charge < -0.3 is 25.0 Å². The molecule has 20 heavy (non-hydrogen) atoms. The minimum absolute atomic E-state index is 0.246. The number of nitrogens with zero attached hydrogens (tertiary/aromatic N) is 2. The first-order valence-electron chi connectivity index (χ1n) is 7.60. The van der Waals surface area contributed by atoms with Gasteiger partial charge in [0.25, 0.3) is 0 Å². The maximum Gasteiger partial charge on any atom is 0.191 e. The molecule has 0 amide bonds. The standard InChI is InChI=1S/C14H28N4O2/c1-15-14(16-9-12-3-6-19-7-4-12)17-10-13-11-18(2)5-8-20-13/h12-13H,3-11H2,1-2H3,(H2,15,16,17). The number of aliphatic imine (C=N–C) groups is 1. The first-order valence-corrected chi connectivity index (χ1v) is 7.60. The van der Waals surface area contributed by atoms with Crippen LogP contribution < -0.4 is 10.6 Å². The highest BCUT2D eigenvalue weighted by Crippen LogP contribution is 2.12. The Hall–Kier alpha value is -0.850. The van der Waals surface area contributed by atoms with Crippen molar-refractivity contribution in [2.24, 2.45) is 10.9 Å². The van der Waals surface area contributed by atoms with E-state index in [-0.39, 0.29) is 6.10 Å². The Morgan fingerprint density at radius 1 is 1.20 bits per heavy atom. The third-order valence-electron chi connectivity index (χ3n) is 3.96. The van der Waals surface area contributed by atoms with Gasteiger partial charge in [0, 0.05) is 46.4 Å². The lowest BCUT2D eigenvalue weighted by Gasteiger charge is -2.30. The maximum absolute atomic E-state index is 5.73. The number of guanidine groups is 1. The molecule has 2 rings (SSSR count). The fourth-order valence-electron chi connectivity index (χ4n) is 2.61. The molecule has 6 heteroatoms. The molecule has 0 aliphatic carbocycles. The van der Waals surface area contributed by atoms with Gasteiger partial charge in [0.1, 0.15) is 0 Å². The van der Waals surface area contributed by atoms with E-state index in [4.69, 9.17) is 9.47 Å². The number of rotatable bonds is 4. The normalized spacial score (nSPS) is 26.5. The van der Waals surface area contributed by atoms with Crippen LogP contribution in [-0.4, -0.2) is 77.1 Å². The van der Waals surface area contributed by atoms with Crippen LogP contribution in [0.15, 0.2) is 4.99 Å². The molecule has 0 spiro atoms. The highest BCUT2D eigenvalue weighted by molar-refractivity contribution is 5.79. The number of likely N-dealkylation sites (N-methyl/N-ethyl adjacent to an activating group) is 1. The van der Waals surface area contributed by atoms with Gasteiger partial charge in [-0.3, -0.25) is 4.99 Å². The molecule has 0 saturated carbocycles. The molecule has 2 heterocycles. The molecular weight excluding hydrogens is 256 g/mol. The molecule has 0 aromatic heterocycles. The highest BCUT2D eigenvalue weighted by Gasteiger charge is 2.18. The summed E-state index contributed by atoms with van der Waals surface area (Å²) >= 11 is 0. The average Bonchev–Trinajstić information content (AvgIpc) is 2.48. The van der Waals surface area contributed by atoms with Crippen LogP contribution in [0.5, 0.6) is 0 Å². The zero-order valence-corrected chi connectivity index (χ0v) is 12.7. The van der Waals surface area contributed by atoms with Gasteiger partial charge in [-0.2, -0.15) is 0 Å². The van der Waals surface area contributed by atoms with Gasteiger partial charge in [-0.15, -0.1) is 0 Å². The molecule has 1 unspecified atom stereocenters. The van der Waals surface area contributed by atoms with Crippen molar-refractivity contribution in [2.45, 2.75) is 18.9 Å². The summed E-state index contributed by atoms with van der Waals surface area (Å²) in [5.74, 6) is 1.56. The van der Waals surface area contributed by atoms with E-state index in [1.165, 1.54) is 0 Å². The third-order valence-corrected chi connectivity index (χ3v) is 3.96. The van der Waals surface area contributed by atoms with Crippen LogP contribution in [0.4, 0.5) is 0 Å². The largest absolute Gasteiger partial charge is 0.381 e. The van der Waals surface area contributed by atoms with E-state index < -0.39 is 0 Å². The molecule has 2 N–H and O–H groups in total. The Kier molecular flexibility index (Phi) is 6.56. The average molecular weight is 284 g/mol. The van der Waals surface area contributed by atoms with E-state index in [0.29, 0.717) is 5.92 Å². The maximum atomic E-state index is 5.73. The summed E-state index contributed by atoms with van der Waals surface area (Å²) in [5.41, 5.74) is 0. The minimum atomic E-state index is 0.246. The van der Waals surface area contributed by atoms with E-state index in [1.807, 2.05) is 7.05 Å². The molecule has 0 aromatic rings. The van der Waals surface area contributed by atoms with Crippen LogP contribution in [-0.2, 0) is 9.47 Å². The molecule has 1 atom stereocenters. The number of hydrogen-bond acceptors (Lipinski definition) is 4. The van der Waals surface area contributed by atoms with Gasteiger partial charge in [-0.05, 0) is 25.8 Å². The summed E-state index contributed by atoms with van der Waals surface area (Å²) in [4.78, 5) is 6.57. The van der Waals surface area contributed by atoms with Crippen molar-refractivity contribution in [2.75, 3.05) is 60.1 Å². The molecule has 0 bridgehead atoms. The molecule has 2 aliphatic heterocycles. The monoisotopic (exact) mass is 284 g/mol. The fourth-order valence-corrected chi connectivity index (χ4v) is 2.61. The van der Waals surface area contributed by atoms with Crippen LogP contribution in [0.2, 0.25) is 0 Å². The van der Waals surface area contributed by atoms with Crippen molar-refractivity contribution in [3.63, 3.8) is 0 Å². The van der Waals surface area contributed by atoms with E-state index >= 15 is 0 Å². The fraction of sp³-hybridized carbons (Fsp3) is 0.929. The molecule has 0 aromatic carbocycles. The molecule has 2 fully saturated rings. The Bertz CT molecular complexity index is 306. The zero-order chi connectivity index (χ0) is 14.2. The van der Waals surface area contributed by atoms with Crippen molar-refractivity contribution in [3.8, 4) is 0 Å². The third kappa shape index (κ3) is 5.26. The van der Waals surface area contributed by atoms with Crippen LogP contribution in [0.3, 0.4) is 0 Å². The second kappa shape index (κ2) is 8.44. The quantitative estimate of drug-likeness (QED) is 0.558. The van der Waals surface area contributed by atoms with Gasteiger partial charge >= 0.3 is 0 Å². The highest BCUT2D eigenvalue weighted by atomic mass is 16.5. The summed E-state index contributed by atoms with van der Waals surface area (Å²) < 4.78 is 11.1. The second-order valence-corrected chi connectivity index (χ2v) is 5.64. The molecule has 116 valence electrons. The lowest BCUT2D eigenvalue weighted by Crippen LogP contribution is -2.49. The Labute approximate surface area is 121 Å². The van der Waals surface area contributed by atoms with Crippen LogP contribution >= 0.6 is 0 Å². The van der Waals surface area contributed by atoms with Crippen molar-refractivity contribution < 1.29 is 9.47 Å². The van der Waals surface area contributed by atoms with Crippen molar-refractivity contribution in [1.29, 1.82) is 0 Å². The summed E-state index contributed by atoms with van der Waals surface area (Å²) in [6.45, 7) is 6.36. The van der Waals surface area contributed by atoms with Crippen LogP contribution in [0.25, 0.3) is 0 Å². The number of nitrogens with one attached hydrogen (secondary N) is 2. The van der Waals surface area contributed by atoms with Gasteiger partial charge in [0.2, 0.25) is 0 Å². The first kappa shape index (κ1) is 15.5. The molecule has 6 nitrogen and oxygen atoms in total. The van der Waals surface area contributed by atoms with E-state index in [1.54, 1.807) is 0 Å². The van der Waals surface area contributed by atoms with Gasteiger partial charge in [-0.1, -0.05) is 0 Å². The Balaban J connectivity index is 1.64.